The first kappa shape index (κ1) is 15.1. The molecule has 112 valence electrons. The van der Waals surface area contributed by atoms with Crippen molar-refractivity contribution in [1.29, 1.82) is 0 Å². The molecule has 0 aromatic carbocycles. The topological polar surface area (TPSA) is 89.4 Å². The molecular weight excluding hydrogens is 272 g/mol. The lowest BCUT2D eigenvalue weighted by molar-refractivity contribution is -0.605. The number of aryl methyl sites for hydroxylation is 2. The van der Waals surface area contributed by atoms with Crippen LogP contribution in [0.4, 0.5) is 0 Å². The summed E-state index contributed by atoms with van der Waals surface area (Å²) in [6.45, 7) is 5.17. The van der Waals surface area contributed by atoms with Crippen molar-refractivity contribution in [3.8, 4) is 0 Å². The largest absolute Gasteiger partial charge is 0.619 e. The second kappa shape index (κ2) is 5.57. The Hall–Kier alpha value is -2.34. The Morgan fingerprint density at radius 2 is 2.24 bits per heavy atom. The van der Waals surface area contributed by atoms with Gasteiger partial charge in [-0.25, -0.2) is 0 Å². The van der Waals surface area contributed by atoms with Crippen LogP contribution < -0.4 is 10.0 Å². The molecule has 2 N–H and O–H groups in total. The van der Waals surface area contributed by atoms with E-state index in [2.05, 4.69) is 5.32 Å². The lowest BCUT2D eigenvalue weighted by atomic mass is 9.96. The molecule has 0 spiro atoms. The molecule has 0 fully saturated rings. The fourth-order valence-electron chi connectivity index (χ4n) is 2.20. The van der Waals surface area contributed by atoms with E-state index in [0.717, 1.165) is 0 Å². The third kappa shape index (κ3) is 3.41. The lowest BCUT2D eigenvalue weighted by Gasteiger charge is -2.23. The number of furan rings is 1. The van der Waals surface area contributed by atoms with Crippen molar-refractivity contribution in [3.63, 3.8) is 0 Å². The van der Waals surface area contributed by atoms with Crippen LogP contribution >= 0.6 is 0 Å². The molecule has 0 bridgehead atoms. The molecule has 2 aromatic rings. The van der Waals surface area contributed by atoms with Gasteiger partial charge in [-0.15, -0.1) is 0 Å². The van der Waals surface area contributed by atoms with Crippen LogP contribution in [0.5, 0.6) is 0 Å². The van der Waals surface area contributed by atoms with Gasteiger partial charge in [0, 0.05) is 11.6 Å². The van der Waals surface area contributed by atoms with Gasteiger partial charge < -0.3 is 20.0 Å². The minimum Gasteiger partial charge on any atom is -0.619 e. The van der Waals surface area contributed by atoms with E-state index in [4.69, 9.17) is 4.42 Å². The number of hydrogen-bond acceptors (Lipinski definition) is 4. The fourth-order valence-corrected chi connectivity index (χ4v) is 2.20. The van der Waals surface area contributed by atoms with E-state index >= 15 is 0 Å². The Balaban J connectivity index is 2.08. The smallest absolute Gasteiger partial charge is 0.257 e. The minimum absolute atomic E-state index is 0.0133. The van der Waals surface area contributed by atoms with E-state index in [0.29, 0.717) is 21.8 Å². The van der Waals surface area contributed by atoms with Crippen molar-refractivity contribution < 1.29 is 19.0 Å². The number of hydrogen-bond donors (Lipinski definition) is 2. The van der Waals surface area contributed by atoms with E-state index in [1.165, 1.54) is 24.5 Å². The van der Waals surface area contributed by atoms with Crippen LogP contribution in [-0.4, -0.2) is 17.6 Å². The molecule has 0 aliphatic carbocycles. The molecule has 6 nitrogen and oxygen atoms in total. The van der Waals surface area contributed by atoms with Crippen molar-refractivity contribution >= 4 is 5.91 Å². The Labute approximate surface area is 122 Å². The summed E-state index contributed by atoms with van der Waals surface area (Å²) < 4.78 is 5.94. The molecule has 0 aliphatic rings. The summed E-state index contributed by atoms with van der Waals surface area (Å²) in [7, 11) is 0. The highest BCUT2D eigenvalue weighted by molar-refractivity contribution is 5.93. The first-order chi connectivity index (χ1) is 9.79. The summed E-state index contributed by atoms with van der Waals surface area (Å²) in [6, 6.07) is 4.77. The highest BCUT2D eigenvalue weighted by Crippen LogP contribution is 2.26. The van der Waals surface area contributed by atoms with Crippen LogP contribution in [-0.2, 0) is 5.60 Å². The second-order valence-corrected chi connectivity index (χ2v) is 5.24. The highest BCUT2D eigenvalue weighted by Gasteiger charge is 2.28. The molecule has 0 radical (unpaired) electrons. The van der Waals surface area contributed by atoms with E-state index < -0.39 is 11.5 Å². The molecule has 0 aliphatic heterocycles. The number of carbonyl (C=O) groups is 1. The maximum atomic E-state index is 12.0. The molecule has 1 atom stereocenters. The summed E-state index contributed by atoms with van der Waals surface area (Å²) in [5, 5.41) is 24.2. The SMILES string of the molecule is Cc1cc(C(C)(O)CNC(=O)c2ccc[n+]([O-])c2)c(C)o1. The van der Waals surface area contributed by atoms with Crippen molar-refractivity contribution in [2.24, 2.45) is 0 Å². The average molecular weight is 290 g/mol. The molecule has 0 saturated carbocycles. The standard InChI is InChI=1S/C15H18N2O4/c1-10-7-13(11(2)21-10)15(3,19)9-16-14(18)12-5-4-6-17(20)8-12/h4-8,19H,9H2,1-3H3,(H,16,18). The van der Waals surface area contributed by atoms with Crippen LogP contribution in [0.2, 0.25) is 0 Å². The lowest BCUT2D eigenvalue weighted by Crippen LogP contribution is -2.39. The van der Waals surface area contributed by atoms with Gasteiger partial charge in [-0.05, 0) is 32.9 Å². The molecular formula is C15H18N2O4. The van der Waals surface area contributed by atoms with Crippen molar-refractivity contribution in [2.45, 2.75) is 26.4 Å². The molecule has 6 heteroatoms. The van der Waals surface area contributed by atoms with Gasteiger partial charge in [-0.2, -0.15) is 4.73 Å². The quantitative estimate of drug-likeness (QED) is 0.653. The third-order valence-corrected chi connectivity index (χ3v) is 3.25. The van der Waals surface area contributed by atoms with Gasteiger partial charge in [0.05, 0.1) is 6.54 Å². The summed E-state index contributed by atoms with van der Waals surface area (Å²) >= 11 is 0. The van der Waals surface area contributed by atoms with Gasteiger partial charge in [0.15, 0.2) is 12.4 Å². The maximum absolute atomic E-state index is 12.0. The third-order valence-electron chi connectivity index (χ3n) is 3.25. The van der Waals surface area contributed by atoms with Crippen LogP contribution in [0.3, 0.4) is 0 Å². The molecule has 2 aromatic heterocycles. The molecule has 2 rings (SSSR count). The van der Waals surface area contributed by atoms with Gasteiger partial charge in [-0.3, -0.25) is 4.79 Å². The zero-order valence-electron chi connectivity index (χ0n) is 12.2. The summed E-state index contributed by atoms with van der Waals surface area (Å²) in [6.07, 6.45) is 2.47. The first-order valence-corrected chi connectivity index (χ1v) is 6.56. The molecule has 1 amide bonds. The van der Waals surface area contributed by atoms with Gasteiger partial charge in [0.1, 0.15) is 22.7 Å². The number of amides is 1. The number of nitrogens with one attached hydrogen (secondary N) is 1. The fraction of sp³-hybridized carbons (Fsp3) is 0.333. The normalized spacial score (nSPS) is 13.7. The number of rotatable bonds is 4. The zero-order valence-corrected chi connectivity index (χ0v) is 12.2. The predicted molar refractivity (Wildman–Crippen MR) is 75.5 cm³/mol. The number of pyridine rings is 1. The highest BCUT2D eigenvalue weighted by atomic mass is 16.5. The van der Waals surface area contributed by atoms with E-state index in [1.807, 2.05) is 0 Å². The van der Waals surface area contributed by atoms with Gasteiger partial charge >= 0.3 is 0 Å². The molecule has 2 heterocycles. The van der Waals surface area contributed by atoms with Crippen LogP contribution in [0.15, 0.2) is 35.0 Å². The van der Waals surface area contributed by atoms with E-state index in [1.54, 1.807) is 26.8 Å². The van der Waals surface area contributed by atoms with Crippen molar-refractivity contribution in [1.82, 2.24) is 5.32 Å². The average Bonchev–Trinajstić information content (AvgIpc) is 2.76. The number of aliphatic hydroxyl groups is 1. The monoisotopic (exact) mass is 290 g/mol. The zero-order chi connectivity index (χ0) is 15.6. The molecule has 1 unspecified atom stereocenters. The Kier molecular flexibility index (Phi) is 3.99. The maximum Gasteiger partial charge on any atom is 0.257 e. The summed E-state index contributed by atoms with van der Waals surface area (Å²) in [5.41, 5.74) is -0.379. The molecule has 21 heavy (non-hydrogen) atoms. The van der Waals surface area contributed by atoms with Gasteiger partial charge in [0.2, 0.25) is 0 Å². The summed E-state index contributed by atoms with van der Waals surface area (Å²) in [4.78, 5) is 12.0. The first-order valence-electron chi connectivity index (χ1n) is 6.56. The van der Waals surface area contributed by atoms with Crippen molar-refractivity contribution in [2.75, 3.05) is 6.54 Å². The van der Waals surface area contributed by atoms with Gasteiger partial charge in [0.25, 0.3) is 5.91 Å². The number of aromatic nitrogens is 1. The number of nitrogens with zero attached hydrogens (tertiary/aromatic N) is 1. The predicted octanol–water partition coefficient (Wildman–Crippen LogP) is 1.17. The van der Waals surface area contributed by atoms with Crippen molar-refractivity contribution in [3.05, 3.63) is 58.4 Å². The van der Waals surface area contributed by atoms with Crippen LogP contribution in [0.25, 0.3) is 0 Å². The Morgan fingerprint density at radius 1 is 1.52 bits per heavy atom. The Bertz CT molecular complexity index is 661. The van der Waals surface area contributed by atoms with Gasteiger partial charge in [-0.1, -0.05) is 0 Å². The number of carbonyl (C=O) groups excluding carboxylic acids is 1. The van der Waals surface area contributed by atoms with Crippen LogP contribution in [0, 0.1) is 19.1 Å². The Morgan fingerprint density at radius 3 is 2.81 bits per heavy atom. The molecule has 0 saturated heterocycles. The summed E-state index contributed by atoms with van der Waals surface area (Å²) in [5.74, 6) is 0.895. The van der Waals surface area contributed by atoms with Crippen LogP contribution in [0.1, 0.15) is 34.4 Å². The second-order valence-electron chi connectivity index (χ2n) is 5.24. The minimum atomic E-state index is -1.25. The van der Waals surface area contributed by atoms with E-state index in [-0.39, 0.29) is 12.1 Å². The van der Waals surface area contributed by atoms with E-state index in [9.17, 15) is 15.1 Å².